The third kappa shape index (κ3) is 4.69. The Hall–Kier alpha value is -1.47. The number of rotatable bonds is 7. The molecule has 4 rings (SSSR count). The van der Waals surface area contributed by atoms with E-state index in [1.54, 1.807) is 0 Å². The van der Waals surface area contributed by atoms with Crippen molar-refractivity contribution in [2.45, 2.75) is 63.8 Å². The highest BCUT2D eigenvalue weighted by Gasteiger charge is 2.37. The Balaban J connectivity index is 1.27. The maximum Gasteiger partial charge on any atom is 0.249 e. The average molecular weight is 377 g/mol. The van der Waals surface area contributed by atoms with Gasteiger partial charge < -0.3 is 18.9 Å². The van der Waals surface area contributed by atoms with E-state index in [0.717, 1.165) is 71.3 Å². The van der Waals surface area contributed by atoms with E-state index in [1.807, 2.05) is 4.90 Å². The van der Waals surface area contributed by atoms with Gasteiger partial charge in [0, 0.05) is 38.7 Å². The molecule has 27 heavy (non-hydrogen) atoms. The lowest BCUT2D eigenvalue weighted by Gasteiger charge is -2.38. The van der Waals surface area contributed by atoms with Gasteiger partial charge in [0.15, 0.2) is 5.82 Å². The van der Waals surface area contributed by atoms with Gasteiger partial charge >= 0.3 is 0 Å². The van der Waals surface area contributed by atoms with Gasteiger partial charge in [0.1, 0.15) is 6.04 Å². The van der Waals surface area contributed by atoms with Gasteiger partial charge in [0.25, 0.3) is 0 Å². The Labute approximate surface area is 160 Å². The Morgan fingerprint density at radius 2 is 1.96 bits per heavy atom. The molecule has 2 saturated heterocycles. The Morgan fingerprint density at radius 1 is 1.11 bits per heavy atom. The summed E-state index contributed by atoms with van der Waals surface area (Å²) >= 11 is 0. The predicted octanol–water partition coefficient (Wildman–Crippen LogP) is 2.91. The van der Waals surface area contributed by atoms with Gasteiger partial charge in [0.2, 0.25) is 11.8 Å². The van der Waals surface area contributed by atoms with Crippen LogP contribution < -0.4 is 0 Å². The van der Waals surface area contributed by atoms with Crippen LogP contribution in [-0.2, 0) is 20.7 Å². The van der Waals surface area contributed by atoms with Crippen molar-refractivity contribution >= 4 is 5.91 Å². The molecule has 1 unspecified atom stereocenters. The van der Waals surface area contributed by atoms with Crippen LogP contribution in [0.1, 0.15) is 69.1 Å². The van der Waals surface area contributed by atoms with Crippen LogP contribution in [-0.4, -0.2) is 53.9 Å². The Morgan fingerprint density at radius 3 is 2.74 bits per heavy atom. The van der Waals surface area contributed by atoms with Crippen LogP contribution in [0.3, 0.4) is 0 Å². The fourth-order valence-electron chi connectivity index (χ4n) is 4.17. The Bertz CT molecular complexity index is 610. The van der Waals surface area contributed by atoms with Gasteiger partial charge in [-0.25, -0.2) is 0 Å². The van der Waals surface area contributed by atoms with E-state index in [1.165, 1.54) is 6.42 Å². The van der Waals surface area contributed by atoms with Crippen molar-refractivity contribution in [1.82, 2.24) is 15.0 Å². The molecule has 1 saturated carbocycles. The molecule has 1 aromatic rings. The molecule has 0 radical (unpaired) electrons. The number of amides is 1. The van der Waals surface area contributed by atoms with Crippen molar-refractivity contribution in [3.63, 3.8) is 0 Å². The van der Waals surface area contributed by atoms with E-state index in [9.17, 15) is 4.79 Å². The zero-order valence-electron chi connectivity index (χ0n) is 16.1. The van der Waals surface area contributed by atoms with Crippen LogP contribution in [0.15, 0.2) is 4.52 Å². The molecular formula is C20H31N3O4. The van der Waals surface area contributed by atoms with Gasteiger partial charge in [-0.3, -0.25) is 4.79 Å². The summed E-state index contributed by atoms with van der Waals surface area (Å²) in [4.78, 5) is 19.3. The smallest absolute Gasteiger partial charge is 0.249 e. The number of hydrogen-bond acceptors (Lipinski definition) is 6. The molecule has 150 valence electrons. The molecule has 7 nitrogen and oxygen atoms in total. The van der Waals surface area contributed by atoms with Gasteiger partial charge in [-0.05, 0) is 50.9 Å². The van der Waals surface area contributed by atoms with E-state index < -0.39 is 0 Å². The van der Waals surface area contributed by atoms with Gasteiger partial charge in [0.05, 0.1) is 6.61 Å². The predicted molar refractivity (Wildman–Crippen MR) is 98.0 cm³/mol. The normalized spacial score (nSPS) is 24.7. The highest BCUT2D eigenvalue weighted by molar-refractivity contribution is 5.80. The number of piperidine rings is 1. The summed E-state index contributed by atoms with van der Waals surface area (Å²) in [6.45, 7) is 3.89. The number of carbonyl (C=O) groups is 1. The lowest BCUT2D eigenvalue weighted by Crippen LogP contribution is -2.43. The number of hydrogen-bond donors (Lipinski definition) is 0. The zero-order valence-corrected chi connectivity index (χ0v) is 16.1. The van der Waals surface area contributed by atoms with E-state index in [4.69, 9.17) is 14.0 Å². The third-order valence-electron chi connectivity index (χ3n) is 6.17. The minimum absolute atomic E-state index is 0.0451. The summed E-state index contributed by atoms with van der Waals surface area (Å²) in [5.41, 5.74) is 0. The quantitative estimate of drug-likeness (QED) is 0.680. The number of ether oxygens (including phenoxy) is 2. The van der Waals surface area contributed by atoms with Crippen molar-refractivity contribution in [3.8, 4) is 0 Å². The summed E-state index contributed by atoms with van der Waals surface area (Å²) < 4.78 is 16.7. The van der Waals surface area contributed by atoms with Gasteiger partial charge in [-0.2, -0.15) is 4.98 Å². The molecule has 0 aromatic carbocycles. The zero-order chi connectivity index (χ0) is 18.5. The van der Waals surface area contributed by atoms with Crippen molar-refractivity contribution < 1.29 is 18.8 Å². The molecule has 1 aliphatic carbocycles. The number of likely N-dealkylation sites (tertiary alicyclic amines) is 1. The molecule has 0 spiro atoms. The highest BCUT2D eigenvalue weighted by Crippen LogP contribution is 2.35. The first-order chi connectivity index (χ1) is 13.3. The average Bonchev–Trinajstić information content (AvgIpc) is 3.13. The first-order valence-electron chi connectivity index (χ1n) is 10.6. The van der Waals surface area contributed by atoms with Crippen LogP contribution in [0.5, 0.6) is 0 Å². The molecule has 3 aliphatic rings. The first-order valence-corrected chi connectivity index (χ1v) is 10.6. The highest BCUT2D eigenvalue weighted by atomic mass is 16.5. The van der Waals surface area contributed by atoms with Gasteiger partial charge in [-0.1, -0.05) is 11.6 Å². The monoisotopic (exact) mass is 377 g/mol. The summed E-state index contributed by atoms with van der Waals surface area (Å²) in [5.74, 6) is 2.38. The molecule has 1 amide bonds. The maximum atomic E-state index is 12.7. The van der Waals surface area contributed by atoms with E-state index in [0.29, 0.717) is 30.7 Å². The molecule has 3 heterocycles. The third-order valence-corrected chi connectivity index (χ3v) is 6.17. The lowest BCUT2D eigenvalue weighted by molar-refractivity contribution is -0.142. The molecule has 7 heteroatoms. The van der Waals surface area contributed by atoms with Crippen LogP contribution in [0, 0.1) is 11.8 Å². The minimum atomic E-state index is -0.0451. The second-order valence-electron chi connectivity index (χ2n) is 8.10. The molecule has 1 atom stereocenters. The molecule has 3 fully saturated rings. The van der Waals surface area contributed by atoms with Crippen LogP contribution in [0.4, 0.5) is 0 Å². The topological polar surface area (TPSA) is 77.7 Å². The molecule has 0 bridgehead atoms. The fourth-order valence-corrected chi connectivity index (χ4v) is 4.17. The number of carbonyl (C=O) groups excluding carboxylic acids is 1. The number of nitrogens with zero attached hydrogens (tertiary/aromatic N) is 3. The second kappa shape index (κ2) is 9.15. The van der Waals surface area contributed by atoms with Crippen molar-refractivity contribution in [2.75, 3.05) is 33.0 Å². The summed E-state index contributed by atoms with van der Waals surface area (Å²) in [6.07, 6.45) is 9.13. The van der Waals surface area contributed by atoms with Crippen molar-refractivity contribution in [2.24, 2.45) is 11.8 Å². The molecular weight excluding hydrogens is 346 g/mol. The standard InChI is InChI=1S/C20H31N3O4/c24-20(16-4-3-5-16)23-10-2-1-6-17(23)19-21-18(22-27-19)9-13-26-14-15-7-11-25-12-8-15/h15-17H,1-14H2. The largest absolute Gasteiger partial charge is 0.381 e. The summed E-state index contributed by atoms with van der Waals surface area (Å²) in [6, 6.07) is -0.0451. The summed E-state index contributed by atoms with van der Waals surface area (Å²) in [7, 11) is 0. The molecule has 1 aromatic heterocycles. The van der Waals surface area contributed by atoms with E-state index in [2.05, 4.69) is 10.1 Å². The van der Waals surface area contributed by atoms with Crippen LogP contribution in [0.2, 0.25) is 0 Å². The van der Waals surface area contributed by atoms with Crippen LogP contribution in [0.25, 0.3) is 0 Å². The maximum absolute atomic E-state index is 12.7. The lowest BCUT2D eigenvalue weighted by atomic mass is 9.83. The van der Waals surface area contributed by atoms with Crippen molar-refractivity contribution in [1.29, 1.82) is 0 Å². The van der Waals surface area contributed by atoms with Gasteiger partial charge in [-0.15, -0.1) is 0 Å². The molecule has 2 aliphatic heterocycles. The second-order valence-corrected chi connectivity index (χ2v) is 8.10. The Kier molecular flexibility index (Phi) is 6.39. The minimum Gasteiger partial charge on any atom is -0.381 e. The number of aromatic nitrogens is 2. The fraction of sp³-hybridized carbons (Fsp3) is 0.850. The van der Waals surface area contributed by atoms with Crippen molar-refractivity contribution in [3.05, 3.63) is 11.7 Å². The SMILES string of the molecule is O=C(C1CCC1)N1CCCCC1c1nc(CCOCC2CCOCC2)no1. The first kappa shape index (κ1) is 18.9. The van der Waals surface area contributed by atoms with Crippen LogP contribution >= 0.6 is 0 Å². The van der Waals surface area contributed by atoms with E-state index >= 15 is 0 Å². The van der Waals surface area contributed by atoms with E-state index in [-0.39, 0.29) is 17.9 Å². The summed E-state index contributed by atoms with van der Waals surface area (Å²) in [5, 5.41) is 4.12. The molecule has 0 N–H and O–H groups in total.